The van der Waals surface area contributed by atoms with Gasteiger partial charge in [0.15, 0.2) is 5.78 Å². The number of ether oxygens (including phenoxy) is 1. The van der Waals surface area contributed by atoms with Crippen LogP contribution in [0, 0.1) is 5.92 Å². The van der Waals surface area contributed by atoms with E-state index in [2.05, 4.69) is 11.3 Å². The number of hydrogen-bond acceptors (Lipinski definition) is 3. The minimum atomic E-state index is -0.669. The largest absolute Gasteiger partial charge is 0.468 e. The molecule has 1 atom stereocenters. The highest BCUT2D eigenvalue weighted by Crippen LogP contribution is 2.06. The quantitative estimate of drug-likeness (QED) is 0.345. The maximum Gasteiger partial charge on any atom is 0.316 e. The van der Waals surface area contributed by atoms with Crippen molar-refractivity contribution in [3.63, 3.8) is 0 Å². The summed E-state index contributed by atoms with van der Waals surface area (Å²) in [7, 11) is 1.27. The summed E-state index contributed by atoms with van der Waals surface area (Å²) in [6, 6.07) is 0. The lowest BCUT2D eigenvalue weighted by molar-refractivity contribution is -0.148. The third kappa shape index (κ3) is 2.53. The van der Waals surface area contributed by atoms with Crippen LogP contribution in [0.2, 0.25) is 0 Å². The van der Waals surface area contributed by atoms with Gasteiger partial charge >= 0.3 is 5.97 Å². The van der Waals surface area contributed by atoms with Crippen molar-refractivity contribution >= 4 is 11.8 Å². The average Bonchev–Trinajstić information content (AvgIpc) is 2.05. The highest BCUT2D eigenvalue weighted by atomic mass is 16.5. The molecular formula is C8H12O3. The highest BCUT2D eigenvalue weighted by Gasteiger charge is 2.22. The van der Waals surface area contributed by atoms with Gasteiger partial charge in [0, 0.05) is 0 Å². The standard InChI is InChI=1S/C8H12O3/c1-4-6(7(9)5-2)8(10)11-3/h5-6H,2,4H2,1,3H3. The minimum absolute atomic E-state index is 0.278. The minimum Gasteiger partial charge on any atom is -0.468 e. The first-order valence-electron chi connectivity index (χ1n) is 3.41. The van der Waals surface area contributed by atoms with E-state index in [1.54, 1.807) is 6.92 Å². The van der Waals surface area contributed by atoms with Gasteiger partial charge in [0.05, 0.1) is 7.11 Å². The molecule has 0 saturated heterocycles. The fourth-order valence-electron chi connectivity index (χ4n) is 0.769. The van der Waals surface area contributed by atoms with Gasteiger partial charge in [-0.05, 0) is 12.5 Å². The van der Waals surface area contributed by atoms with Crippen molar-refractivity contribution in [3.8, 4) is 0 Å². The lowest BCUT2D eigenvalue weighted by Crippen LogP contribution is -2.22. The number of esters is 1. The van der Waals surface area contributed by atoms with Gasteiger partial charge in [-0.25, -0.2) is 0 Å². The molecule has 0 aromatic rings. The van der Waals surface area contributed by atoms with Crippen LogP contribution in [-0.4, -0.2) is 18.9 Å². The fraction of sp³-hybridized carbons (Fsp3) is 0.500. The molecular weight excluding hydrogens is 144 g/mol. The van der Waals surface area contributed by atoms with E-state index in [9.17, 15) is 9.59 Å². The first kappa shape index (κ1) is 9.88. The van der Waals surface area contributed by atoms with Crippen molar-refractivity contribution in [1.82, 2.24) is 0 Å². The van der Waals surface area contributed by atoms with Gasteiger partial charge < -0.3 is 4.74 Å². The summed E-state index contributed by atoms with van der Waals surface area (Å²) < 4.78 is 4.42. The van der Waals surface area contributed by atoms with Crippen molar-refractivity contribution in [2.75, 3.05) is 7.11 Å². The fourth-order valence-corrected chi connectivity index (χ4v) is 0.769. The van der Waals surface area contributed by atoms with Crippen molar-refractivity contribution in [2.24, 2.45) is 5.92 Å². The first-order valence-corrected chi connectivity index (χ1v) is 3.41. The van der Waals surface area contributed by atoms with Crippen molar-refractivity contribution < 1.29 is 14.3 Å². The number of allylic oxidation sites excluding steroid dienone is 1. The van der Waals surface area contributed by atoms with E-state index < -0.39 is 11.9 Å². The second kappa shape index (κ2) is 4.66. The number of rotatable bonds is 4. The summed E-state index contributed by atoms with van der Waals surface area (Å²) in [5, 5.41) is 0. The summed E-state index contributed by atoms with van der Waals surface area (Å²) in [5.41, 5.74) is 0. The maximum absolute atomic E-state index is 10.9. The van der Waals surface area contributed by atoms with Crippen LogP contribution in [0.25, 0.3) is 0 Å². The van der Waals surface area contributed by atoms with E-state index >= 15 is 0 Å². The van der Waals surface area contributed by atoms with Crippen LogP contribution in [0.1, 0.15) is 13.3 Å². The molecule has 0 amide bonds. The number of carbonyl (C=O) groups is 2. The SMILES string of the molecule is C=CC(=O)C(CC)C(=O)OC. The van der Waals surface area contributed by atoms with Gasteiger partial charge in [0.25, 0.3) is 0 Å². The van der Waals surface area contributed by atoms with E-state index in [1.165, 1.54) is 7.11 Å². The van der Waals surface area contributed by atoms with Gasteiger partial charge in [-0.1, -0.05) is 13.5 Å². The molecule has 0 radical (unpaired) electrons. The topological polar surface area (TPSA) is 43.4 Å². The van der Waals surface area contributed by atoms with Crippen LogP contribution in [0.3, 0.4) is 0 Å². The van der Waals surface area contributed by atoms with Crippen LogP contribution in [-0.2, 0) is 14.3 Å². The average molecular weight is 156 g/mol. The molecule has 3 nitrogen and oxygen atoms in total. The molecule has 0 aromatic heterocycles. The highest BCUT2D eigenvalue weighted by molar-refractivity contribution is 6.04. The molecule has 0 bridgehead atoms. The smallest absolute Gasteiger partial charge is 0.316 e. The zero-order valence-corrected chi connectivity index (χ0v) is 6.79. The summed E-state index contributed by atoms with van der Waals surface area (Å²) >= 11 is 0. The zero-order valence-electron chi connectivity index (χ0n) is 6.79. The Kier molecular flexibility index (Phi) is 4.18. The Labute approximate surface area is 66.0 Å². The maximum atomic E-state index is 10.9. The van der Waals surface area contributed by atoms with Crippen molar-refractivity contribution in [1.29, 1.82) is 0 Å². The number of carbonyl (C=O) groups excluding carboxylic acids is 2. The molecule has 0 N–H and O–H groups in total. The Balaban J connectivity index is 4.27. The number of methoxy groups -OCH3 is 1. The molecule has 0 heterocycles. The van der Waals surface area contributed by atoms with Crippen LogP contribution >= 0.6 is 0 Å². The Morgan fingerprint density at radius 3 is 2.45 bits per heavy atom. The van der Waals surface area contributed by atoms with Crippen molar-refractivity contribution in [2.45, 2.75) is 13.3 Å². The van der Waals surface area contributed by atoms with E-state index in [1.807, 2.05) is 0 Å². The van der Waals surface area contributed by atoms with E-state index in [0.29, 0.717) is 6.42 Å². The molecule has 1 unspecified atom stereocenters. The first-order chi connectivity index (χ1) is 5.17. The van der Waals surface area contributed by atoms with E-state index in [4.69, 9.17) is 0 Å². The van der Waals surface area contributed by atoms with E-state index in [-0.39, 0.29) is 5.78 Å². The molecule has 0 aliphatic carbocycles. The monoisotopic (exact) mass is 156 g/mol. The van der Waals surface area contributed by atoms with Crippen molar-refractivity contribution in [3.05, 3.63) is 12.7 Å². The summed E-state index contributed by atoms with van der Waals surface area (Å²) in [6.07, 6.45) is 1.60. The Hall–Kier alpha value is -1.12. The lowest BCUT2D eigenvalue weighted by Gasteiger charge is -2.07. The van der Waals surface area contributed by atoms with Crippen LogP contribution in [0.5, 0.6) is 0 Å². The normalized spacial score (nSPS) is 11.8. The van der Waals surface area contributed by atoms with Gasteiger partial charge in [-0.15, -0.1) is 0 Å². The molecule has 0 aliphatic rings. The molecule has 11 heavy (non-hydrogen) atoms. The third-order valence-corrected chi connectivity index (χ3v) is 1.44. The van der Waals surface area contributed by atoms with Gasteiger partial charge in [0.2, 0.25) is 0 Å². The molecule has 0 saturated carbocycles. The predicted molar refractivity (Wildman–Crippen MR) is 41.0 cm³/mol. The second-order valence-corrected chi connectivity index (χ2v) is 2.09. The second-order valence-electron chi connectivity index (χ2n) is 2.09. The summed E-state index contributed by atoms with van der Waals surface area (Å²) in [5.74, 6) is -1.44. The summed E-state index contributed by atoms with van der Waals surface area (Å²) in [6.45, 7) is 5.04. The van der Waals surface area contributed by atoms with Gasteiger partial charge in [-0.2, -0.15) is 0 Å². The number of hydrogen-bond donors (Lipinski definition) is 0. The Bertz CT molecular complexity index is 172. The predicted octanol–water partition coefficient (Wildman–Crippen LogP) is 0.941. The van der Waals surface area contributed by atoms with E-state index in [0.717, 1.165) is 6.08 Å². The summed E-state index contributed by atoms with van der Waals surface area (Å²) in [4.78, 5) is 21.8. The van der Waals surface area contributed by atoms with Gasteiger partial charge in [-0.3, -0.25) is 9.59 Å². The number of ketones is 1. The molecule has 0 rings (SSSR count). The third-order valence-electron chi connectivity index (χ3n) is 1.44. The molecule has 0 spiro atoms. The molecule has 0 aromatic carbocycles. The van der Waals surface area contributed by atoms with Crippen LogP contribution < -0.4 is 0 Å². The molecule has 62 valence electrons. The zero-order chi connectivity index (χ0) is 8.85. The lowest BCUT2D eigenvalue weighted by atomic mass is 10.0. The molecule has 3 heteroatoms. The Morgan fingerprint density at radius 1 is 1.64 bits per heavy atom. The van der Waals surface area contributed by atoms with Crippen LogP contribution in [0.4, 0.5) is 0 Å². The van der Waals surface area contributed by atoms with Gasteiger partial charge in [0.1, 0.15) is 5.92 Å². The Morgan fingerprint density at radius 2 is 2.18 bits per heavy atom. The molecule has 0 aliphatic heterocycles. The molecule has 0 fully saturated rings. The van der Waals surface area contributed by atoms with Crippen LogP contribution in [0.15, 0.2) is 12.7 Å².